The first-order valence-corrected chi connectivity index (χ1v) is 8.97. The van der Waals surface area contributed by atoms with Crippen LogP contribution >= 0.6 is 0 Å². The minimum atomic E-state index is -0.442. The van der Waals surface area contributed by atoms with Crippen molar-refractivity contribution in [1.82, 2.24) is 9.80 Å². The number of carbonyl (C=O) groups is 4. The Morgan fingerprint density at radius 3 is 2.19 bits per heavy atom. The van der Waals surface area contributed by atoms with Crippen molar-refractivity contribution in [3.8, 4) is 0 Å². The summed E-state index contributed by atoms with van der Waals surface area (Å²) < 4.78 is 0. The van der Waals surface area contributed by atoms with Crippen molar-refractivity contribution >= 4 is 29.3 Å². The van der Waals surface area contributed by atoms with Crippen LogP contribution < -0.4 is 5.32 Å². The smallest absolute Gasteiger partial charge is 0.243 e. The molecule has 27 heavy (non-hydrogen) atoms. The number of nitrogens with zero attached hydrogens (tertiary/aromatic N) is 2. The van der Waals surface area contributed by atoms with E-state index >= 15 is 0 Å². The molecular formula is C20H23N3O4. The number of likely N-dealkylation sites (N-methyl/N-ethyl adjacent to an activating group) is 1. The summed E-state index contributed by atoms with van der Waals surface area (Å²) in [5.74, 6) is -2.08. The summed E-state index contributed by atoms with van der Waals surface area (Å²) >= 11 is 0. The molecule has 1 N–H and O–H groups in total. The number of hydrogen-bond acceptors (Lipinski definition) is 4. The number of allylic oxidation sites excluding steroid dienone is 2. The molecule has 1 aliphatic heterocycles. The van der Waals surface area contributed by atoms with Gasteiger partial charge in [0.2, 0.25) is 23.6 Å². The highest BCUT2D eigenvalue weighted by atomic mass is 16.2. The van der Waals surface area contributed by atoms with Gasteiger partial charge >= 0.3 is 0 Å². The predicted molar refractivity (Wildman–Crippen MR) is 99.5 cm³/mol. The molecule has 1 saturated heterocycles. The van der Waals surface area contributed by atoms with E-state index in [9.17, 15) is 19.2 Å². The first-order valence-electron chi connectivity index (χ1n) is 8.97. The quantitative estimate of drug-likeness (QED) is 0.627. The highest BCUT2D eigenvalue weighted by Gasteiger charge is 2.47. The zero-order valence-electron chi connectivity index (χ0n) is 15.5. The van der Waals surface area contributed by atoms with E-state index < -0.39 is 5.91 Å². The third-order valence-electron chi connectivity index (χ3n) is 5.03. The molecule has 1 fully saturated rings. The second-order valence-corrected chi connectivity index (χ2v) is 7.08. The van der Waals surface area contributed by atoms with Gasteiger partial charge in [0, 0.05) is 12.7 Å². The molecule has 1 aliphatic carbocycles. The Morgan fingerprint density at radius 1 is 1.07 bits per heavy atom. The molecule has 1 heterocycles. The van der Waals surface area contributed by atoms with Crippen LogP contribution in [0.2, 0.25) is 0 Å². The zero-order valence-corrected chi connectivity index (χ0v) is 15.5. The first kappa shape index (κ1) is 18.8. The standard InChI is InChI=1S/C20H23N3O4/c1-13-7-9-14(10-8-13)21-17(24)11-22(2)18(25)12-23-19(26)15-5-3-4-6-16(15)20(23)27/h3-4,7-10,15-16H,5-6,11-12H2,1-2H3,(H,21,24)/t15-,16-/m1/s1. The van der Waals surface area contributed by atoms with Gasteiger partial charge in [-0.2, -0.15) is 0 Å². The molecule has 2 atom stereocenters. The maximum absolute atomic E-state index is 12.4. The van der Waals surface area contributed by atoms with Gasteiger partial charge in [0.15, 0.2) is 0 Å². The van der Waals surface area contributed by atoms with Crippen molar-refractivity contribution in [3.63, 3.8) is 0 Å². The van der Waals surface area contributed by atoms with Crippen molar-refractivity contribution in [2.45, 2.75) is 19.8 Å². The van der Waals surface area contributed by atoms with E-state index in [1.807, 2.05) is 31.2 Å². The first-order chi connectivity index (χ1) is 12.9. The number of carbonyl (C=O) groups excluding carboxylic acids is 4. The van der Waals surface area contributed by atoms with Gasteiger partial charge in [-0.15, -0.1) is 0 Å². The minimum absolute atomic E-state index is 0.155. The highest BCUT2D eigenvalue weighted by molar-refractivity contribution is 6.07. The van der Waals surface area contributed by atoms with E-state index in [0.29, 0.717) is 18.5 Å². The number of anilines is 1. The molecule has 1 aromatic carbocycles. The molecule has 0 unspecified atom stereocenters. The Bertz CT molecular complexity index is 774. The van der Waals surface area contributed by atoms with Gasteiger partial charge in [-0.1, -0.05) is 29.8 Å². The number of nitrogens with one attached hydrogen (secondary N) is 1. The summed E-state index contributed by atoms with van der Waals surface area (Å²) in [4.78, 5) is 51.6. The monoisotopic (exact) mass is 369 g/mol. The van der Waals surface area contributed by atoms with Crippen LogP contribution in [0.5, 0.6) is 0 Å². The number of likely N-dealkylation sites (tertiary alicyclic amines) is 1. The van der Waals surface area contributed by atoms with Crippen molar-refractivity contribution in [3.05, 3.63) is 42.0 Å². The summed E-state index contributed by atoms with van der Waals surface area (Å²) in [6.07, 6.45) is 4.88. The maximum atomic E-state index is 12.4. The fourth-order valence-electron chi connectivity index (χ4n) is 3.42. The van der Waals surface area contributed by atoms with Gasteiger partial charge in [-0.05, 0) is 31.9 Å². The van der Waals surface area contributed by atoms with E-state index in [1.165, 1.54) is 11.9 Å². The lowest BCUT2D eigenvalue weighted by Gasteiger charge is -2.20. The molecule has 7 nitrogen and oxygen atoms in total. The Labute approximate surface area is 158 Å². The second-order valence-electron chi connectivity index (χ2n) is 7.08. The number of benzene rings is 1. The topological polar surface area (TPSA) is 86.8 Å². The van der Waals surface area contributed by atoms with Gasteiger partial charge in [0.1, 0.15) is 6.54 Å². The zero-order chi connectivity index (χ0) is 19.6. The fraction of sp³-hybridized carbons (Fsp3) is 0.400. The Kier molecular flexibility index (Phi) is 5.39. The number of fused-ring (bicyclic) bond motifs is 1. The molecule has 0 radical (unpaired) electrons. The van der Waals surface area contributed by atoms with Crippen molar-refractivity contribution < 1.29 is 19.2 Å². The Balaban J connectivity index is 1.54. The van der Waals surface area contributed by atoms with Gasteiger partial charge < -0.3 is 10.2 Å². The van der Waals surface area contributed by atoms with Crippen molar-refractivity contribution in [2.24, 2.45) is 11.8 Å². The van der Waals surface area contributed by atoms with Gasteiger partial charge in [-0.25, -0.2) is 0 Å². The normalized spacial score (nSPS) is 21.2. The molecule has 0 spiro atoms. The predicted octanol–water partition coefficient (Wildman–Crippen LogP) is 1.34. The molecule has 0 aromatic heterocycles. The van der Waals surface area contributed by atoms with E-state index in [1.54, 1.807) is 12.1 Å². The Morgan fingerprint density at radius 2 is 1.63 bits per heavy atom. The molecule has 142 valence electrons. The van der Waals surface area contributed by atoms with Crippen LogP contribution in [-0.2, 0) is 19.2 Å². The average Bonchev–Trinajstić information content (AvgIpc) is 2.89. The van der Waals surface area contributed by atoms with E-state index in [4.69, 9.17) is 0 Å². The minimum Gasteiger partial charge on any atom is -0.335 e. The fourth-order valence-corrected chi connectivity index (χ4v) is 3.42. The molecule has 7 heteroatoms. The van der Waals surface area contributed by atoms with Crippen LogP contribution in [0.4, 0.5) is 5.69 Å². The largest absolute Gasteiger partial charge is 0.335 e. The summed E-state index contributed by atoms with van der Waals surface area (Å²) in [6, 6.07) is 7.32. The SMILES string of the molecule is Cc1ccc(NC(=O)CN(C)C(=O)CN2C(=O)[C@@H]3CC=CC[C@H]3C2=O)cc1. The highest BCUT2D eigenvalue weighted by Crippen LogP contribution is 2.34. The third-order valence-corrected chi connectivity index (χ3v) is 5.03. The number of amides is 4. The third kappa shape index (κ3) is 4.07. The van der Waals surface area contributed by atoms with Gasteiger partial charge in [-0.3, -0.25) is 24.1 Å². The van der Waals surface area contributed by atoms with Crippen LogP contribution in [-0.4, -0.2) is 53.6 Å². The van der Waals surface area contributed by atoms with Crippen LogP contribution in [0.3, 0.4) is 0 Å². The van der Waals surface area contributed by atoms with Crippen molar-refractivity contribution in [1.29, 1.82) is 0 Å². The summed E-state index contributed by atoms with van der Waals surface area (Å²) in [7, 11) is 1.48. The van der Waals surface area contributed by atoms with Crippen LogP contribution in [0.1, 0.15) is 18.4 Å². The molecule has 3 rings (SSSR count). The number of imide groups is 1. The van der Waals surface area contributed by atoms with Gasteiger partial charge in [0.05, 0.1) is 18.4 Å². The second kappa shape index (κ2) is 7.73. The average molecular weight is 369 g/mol. The maximum Gasteiger partial charge on any atom is 0.243 e. The van der Waals surface area contributed by atoms with Crippen LogP contribution in [0, 0.1) is 18.8 Å². The Hall–Kier alpha value is -2.96. The lowest BCUT2D eigenvalue weighted by Crippen LogP contribution is -2.44. The number of aryl methyl sites for hydroxylation is 1. The molecule has 0 saturated carbocycles. The van der Waals surface area contributed by atoms with Crippen molar-refractivity contribution in [2.75, 3.05) is 25.5 Å². The van der Waals surface area contributed by atoms with E-state index in [0.717, 1.165) is 10.5 Å². The molecule has 4 amide bonds. The summed E-state index contributed by atoms with van der Waals surface area (Å²) in [5, 5.41) is 2.72. The summed E-state index contributed by atoms with van der Waals surface area (Å²) in [6.45, 7) is 1.47. The molecular weight excluding hydrogens is 346 g/mol. The van der Waals surface area contributed by atoms with E-state index in [2.05, 4.69) is 5.32 Å². The van der Waals surface area contributed by atoms with Gasteiger partial charge in [0.25, 0.3) is 0 Å². The number of rotatable bonds is 5. The molecule has 1 aromatic rings. The van der Waals surface area contributed by atoms with Crippen LogP contribution in [0.25, 0.3) is 0 Å². The lowest BCUT2D eigenvalue weighted by atomic mass is 9.85. The lowest BCUT2D eigenvalue weighted by molar-refractivity contribution is -0.146. The van der Waals surface area contributed by atoms with Crippen LogP contribution in [0.15, 0.2) is 36.4 Å². The summed E-state index contributed by atoms with van der Waals surface area (Å²) in [5.41, 5.74) is 1.73. The number of hydrogen-bond donors (Lipinski definition) is 1. The molecule has 2 aliphatic rings. The van der Waals surface area contributed by atoms with E-state index in [-0.39, 0.29) is 42.6 Å². The molecule has 0 bridgehead atoms.